The van der Waals surface area contributed by atoms with Crippen LogP contribution in [0.2, 0.25) is 0 Å². The van der Waals surface area contributed by atoms with Crippen molar-refractivity contribution in [3.05, 3.63) is 22.7 Å². The van der Waals surface area contributed by atoms with E-state index in [0.29, 0.717) is 12.2 Å². The van der Waals surface area contributed by atoms with Crippen molar-refractivity contribution in [2.45, 2.75) is 43.5 Å². The van der Waals surface area contributed by atoms with Crippen molar-refractivity contribution in [1.29, 1.82) is 0 Å². The highest BCUT2D eigenvalue weighted by atomic mass is 79.9. The molecule has 19 heavy (non-hydrogen) atoms. The van der Waals surface area contributed by atoms with Gasteiger partial charge in [0, 0.05) is 22.7 Å². The molecule has 6 heteroatoms. The summed E-state index contributed by atoms with van der Waals surface area (Å²) < 4.78 is 27.7. The first kappa shape index (κ1) is 14.8. The number of nitrogen functional groups attached to an aromatic ring is 1. The standard InChI is InChI=1S/C13H19BrN2O2S/c1-10-5-3-2-4-8-16(10)19(17,18)11-6-7-12(14)13(15)9-11/h6-7,9-10H,2-5,8,15H2,1H3. The molecule has 2 N–H and O–H groups in total. The molecule has 1 fully saturated rings. The molecular weight excluding hydrogens is 328 g/mol. The number of benzene rings is 1. The second-order valence-electron chi connectivity index (χ2n) is 5.00. The fourth-order valence-electron chi connectivity index (χ4n) is 2.42. The van der Waals surface area contributed by atoms with Crippen LogP contribution in [0.25, 0.3) is 0 Å². The average Bonchev–Trinajstić information content (AvgIpc) is 2.57. The minimum Gasteiger partial charge on any atom is -0.398 e. The number of nitrogens with two attached hydrogens (primary N) is 1. The van der Waals surface area contributed by atoms with Gasteiger partial charge in [-0.05, 0) is 53.9 Å². The molecule has 0 bridgehead atoms. The van der Waals surface area contributed by atoms with Gasteiger partial charge in [-0.25, -0.2) is 8.42 Å². The van der Waals surface area contributed by atoms with Crippen molar-refractivity contribution < 1.29 is 8.42 Å². The van der Waals surface area contributed by atoms with E-state index in [1.807, 2.05) is 6.92 Å². The van der Waals surface area contributed by atoms with E-state index >= 15 is 0 Å². The van der Waals surface area contributed by atoms with Crippen LogP contribution >= 0.6 is 15.9 Å². The summed E-state index contributed by atoms with van der Waals surface area (Å²) in [4.78, 5) is 0.280. The van der Waals surface area contributed by atoms with E-state index in [9.17, 15) is 8.42 Å². The number of rotatable bonds is 2. The summed E-state index contributed by atoms with van der Waals surface area (Å²) in [5.41, 5.74) is 6.23. The van der Waals surface area contributed by atoms with Crippen LogP contribution in [0.15, 0.2) is 27.6 Å². The van der Waals surface area contributed by atoms with Crippen LogP contribution < -0.4 is 5.73 Å². The summed E-state index contributed by atoms with van der Waals surface area (Å²) in [6.07, 6.45) is 4.04. The van der Waals surface area contributed by atoms with Crippen LogP contribution in [0.1, 0.15) is 32.6 Å². The number of hydrogen-bond acceptors (Lipinski definition) is 3. The molecule has 1 saturated heterocycles. The van der Waals surface area contributed by atoms with Crippen LogP contribution in [0.5, 0.6) is 0 Å². The number of anilines is 1. The molecule has 0 spiro atoms. The molecule has 4 nitrogen and oxygen atoms in total. The molecule has 0 saturated carbocycles. The van der Waals surface area contributed by atoms with Gasteiger partial charge in [-0.1, -0.05) is 12.8 Å². The minimum absolute atomic E-state index is 0.0531. The van der Waals surface area contributed by atoms with Crippen molar-refractivity contribution in [3.63, 3.8) is 0 Å². The van der Waals surface area contributed by atoms with E-state index in [0.717, 1.165) is 30.2 Å². The van der Waals surface area contributed by atoms with E-state index in [-0.39, 0.29) is 10.9 Å². The quantitative estimate of drug-likeness (QED) is 0.837. The van der Waals surface area contributed by atoms with Gasteiger partial charge in [-0.3, -0.25) is 0 Å². The van der Waals surface area contributed by atoms with E-state index in [4.69, 9.17) is 5.73 Å². The van der Waals surface area contributed by atoms with Gasteiger partial charge in [0.2, 0.25) is 10.0 Å². The number of hydrogen-bond donors (Lipinski definition) is 1. The fraction of sp³-hybridized carbons (Fsp3) is 0.538. The van der Waals surface area contributed by atoms with Crippen molar-refractivity contribution in [2.75, 3.05) is 12.3 Å². The topological polar surface area (TPSA) is 63.4 Å². The SMILES string of the molecule is CC1CCCCCN1S(=O)(=O)c1ccc(Br)c(N)c1. The van der Waals surface area contributed by atoms with Crippen LogP contribution in [0, 0.1) is 0 Å². The Labute approximate surface area is 123 Å². The average molecular weight is 347 g/mol. The number of sulfonamides is 1. The monoisotopic (exact) mass is 346 g/mol. The van der Waals surface area contributed by atoms with E-state index < -0.39 is 10.0 Å². The maximum absolute atomic E-state index is 12.7. The first-order chi connectivity index (χ1) is 8.93. The van der Waals surface area contributed by atoms with Crippen LogP contribution in [-0.2, 0) is 10.0 Å². The summed E-state index contributed by atoms with van der Waals surface area (Å²) in [7, 11) is -3.44. The van der Waals surface area contributed by atoms with Crippen molar-refractivity contribution in [3.8, 4) is 0 Å². The van der Waals surface area contributed by atoms with Gasteiger partial charge in [-0.15, -0.1) is 0 Å². The van der Waals surface area contributed by atoms with Gasteiger partial charge >= 0.3 is 0 Å². The van der Waals surface area contributed by atoms with Gasteiger partial charge in [0.25, 0.3) is 0 Å². The molecule has 0 aromatic heterocycles. The summed E-state index contributed by atoms with van der Waals surface area (Å²) in [6.45, 7) is 2.57. The molecule has 1 atom stereocenters. The Morgan fingerprint density at radius 1 is 1.32 bits per heavy atom. The first-order valence-corrected chi connectivity index (χ1v) is 8.73. The number of halogens is 1. The third-order valence-electron chi connectivity index (χ3n) is 3.57. The second-order valence-corrected chi connectivity index (χ2v) is 7.74. The van der Waals surface area contributed by atoms with Gasteiger partial charge in [0.15, 0.2) is 0 Å². The van der Waals surface area contributed by atoms with Gasteiger partial charge < -0.3 is 5.73 Å². The third kappa shape index (κ3) is 3.12. The van der Waals surface area contributed by atoms with E-state index in [2.05, 4.69) is 15.9 Å². The van der Waals surface area contributed by atoms with Crippen molar-refractivity contribution in [1.82, 2.24) is 4.31 Å². The molecule has 1 aromatic rings. The smallest absolute Gasteiger partial charge is 0.243 e. The van der Waals surface area contributed by atoms with Gasteiger partial charge in [0.05, 0.1) is 4.90 Å². The predicted molar refractivity (Wildman–Crippen MR) is 80.4 cm³/mol. The largest absolute Gasteiger partial charge is 0.398 e. The lowest BCUT2D eigenvalue weighted by Crippen LogP contribution is -2.38. The Morgan fingerprint density at radius 3 is 2.74 bits per heavy atom. The Hall–Kier alpha value is -0.590. The Kier molecular flexibility index (Phi) is 4.53. The van der Waals surface area contributed by atoms with Gasteiger partial charge in [-0.2, -0.15) is 4.31 Å². The van der Waals surface area contributed by atoms with Crippen LogP contribution in [0.3, 0.4) is 0 Å². The number of nitrogens with zero attached hydrogens (tertiary/aromatic N) is 1. The lowest BCUT2D eigenvalue weighted by atomic mass is 10.1. The molecular formula is C13H19BrN2O2S. The van der Waals surface area contributed by atoms with Crippen LogP contribution in [0.4, 0.5) is 5.69 Å². The molecule has 106 valence electrons. The molecule has 1 aliphatic heterocycles. The zero-order valence-electron chi connectivity index (χ0n) is 11.0. The highest BCUT2D eigenvalue weighted by molar-refractivity contribution is 9.10. The highest BCUT2D eigenvalue weighted by Gasteiger charge is 2.30. The molecule has 0 amide bonds. The molecule has 1 unspecified atom stereocenters. The van der Waals surface area contributed by atoms with E-state index in [1.54, 1.807) is 16.4 Å². The lowest BCUT2D eigenvalue weighted by molar-refractivity contribution is 0.342. The highest BCUT2D eigenvalue weighted by Crippen LogP contribution is 2.28. The lowest BCUT2D eigenvalue weighted by Gasteiger charge is -2.26. The zero-order valence-corrected chi connectivity index (χ0v) is 13.4. The summed E-state index contributed by atoms with van der Waals surface area (Å²) in [5, 5.41) is 0. The fourth-order valence-corrected chi connectivity index (χ4v) is 4.41. The van der Waals surface area contributed by atoms with Crippen molar-refractivity contribution >= 4 is 31.6 Å². The Bertz CT molecular complexity index is 560. The molecule has 2 rings (SSSR count). The summed E-state index contributed by atoms with van der Waals surface area (Å²) >= 11 is 3.28. The Morgan fingerprint density at radius 2 is 2.05 bits per heavy atom. The summed E-state index contributed by atoms with van der Waals surface area (Å²) in [6, 6.07) is 4.87. The normalized spacial score (nSPS) is 22.1. The maximum Gasteiger partial charge on any atom is 0.243 e. The zero-order chi connectivity index (χ0) is 14.0. The van der Waals surface area contributed by atoms with Gasteiger partial charge in [0.1, 0.15) is 0 Å². The van der Waals surface area contributed by atoms with E-state index in [1.165, 1.54) is 6.07 Å². The van der Waals surface area contributed by atoms with Crippen LogP contribution in [-0.4, -0.2) is 25.3 Å². The third-order valence-corrected chi connectivity index (χ3v) is 6.30. The predicted octanol–water partition coefficient (Wildman–Crippen LogP) is 2.98. The molecule has 1 aromatic carbocycles. The Balaban J connectivity index is 2.37. The summed E-state index contributed by atoms with van der Waals surface area (Å²) in [5.74, 6) is 0. The minimum atomic E-state index is -3.44. The molecule has 0 aliphatic carbocycles. The molecule has 0 radical (unpaired) electrons. The first-order valence-electron chi connectivity index (χ1n) is 6.50. The molecule has 1 aliphatic rings. The maximum atomic E-state index is 12.7. The second kappa shape index (κ2) is 5.81. The van der Waals surface area contributed by atoms with Crippen molar-refractivity contribution in [2.24, 2.45) is 0 Å². The molecule has 1 heterocycles.